The smallest absolute Gasteiger partial charge is 0.407 e. The Hall–Kier alpha value is -1.60. The second-order valence-corrected chi connectivity index (χ2v) is 8.57. The Morgan fingerprint density at radius 1 is 1.12 bits per heavy atom. The van der Waals surface area contributed by atoms with E-state index in [4.69, 9.17) is 4.74 Å². The molecule has 1 aliphatic heterocycles. The zero-order valence-corrected chi connectivity index (χ0v) is 16.4. The maximum Gasteiger partial charge on any atom is 0.407 e. The van der Waals surface area contributed by atoms with Crippen LogP contribution in [0.2, 0.25) is 0 Å². The van der Waals surface area contributed by atoms with Gasteiger partial charge in [0.1, 0.15) is 0 Å². The van der Waals surface area contributed by atoms with Crippen LogP contribution in [0.1, 0.15) is 51.0 Å². The minimum Gasteiger partial charge on any atom is -0.450 e. The number of carbonyl (C=O) groups excluding carboxylic acids is 1. The van der Waals surface area contributed by atoms with Gasteiger partial charge in [0.05, 0.1) is 11.5 Å². The summed E-state index contributed by atoms with van der Waals surface area (Å²) < 4.78 is 32.1. The SMILES string of the molecule is CCCCOC(=O)NCCc1ccc(S(=O)(=O)N2CCCCCC2)cc1. The van der Waals surface area contributed by atoms with Crippen LogP contribution < -0.4 is 5.32 Å². The van der Waals surface area contributed by atoms with Crippen molar-refractivity contribution < 1.29 is 17.9 Å². The zero-order valence-electron chi connectivity index (χ0n) is 15.6. The summed E-state index contributed by atoms with van der Waals surface area (Å²) in [4.78, 5) is 11.8. The molecule has 1 N–H and O–H groups in total. The van der Waals surface area contributed by atoms with Crippen molar-refractivity contribution in [3.8, 4) is 0 Å². The molecular weight excluding hydrogens is 352 g/mol. The number of rotatable bonds is 8. The topological polar surface area (TPSA) is 75.7 Å². The highest BCUT2D eigenvalue weighted by Crippen LogP contribution is 2.20. The van der Waals surface area contributed by atoms with Crippen LogP contribution in [0.15, 0.2) is 29.2 Å². The van der Waals surface area contributed by atoms with E-state index in [9.17, 15) is 13.2 Å². The highest BCUT2D eigenvalue weighted by molar-refractivity contribution is 7.89. The summed E-state index contributed by atoms with van der Waals surface area (Å²) in [6, 6.07) is 6.95. The predicted molar refractivity (Wildman–Crippen MR) is 102 cm³/mol. The van der Waals surface area contributed by atoms with Gasteiger partial charge >= 0.3 is 6.09 Å². The molecule has 1 amide bonds. The lowest BCUT2D eigenvalue weighted by atomic mass is 10.1. The Morgan fingerprint density at radius 2 is 1.77 bits per heavy atom. The number of hydrogen-bond donors (Lipinski definition) is 1. The third-order valence-electron chi connectivity index (χ3n) is 4.54. The summed E-state index contributed by atoms with van der Waals surface area (Å²) in [7, 11) is -3.41. The molecule has 7 heteroatoms. The maximum atomic E-state index is 12.7. The van der Waals surface area contributed by atoms with E-state index in [0.29, 0.717) is 37.6 Å². The summed E-state index contributed by atoms with van der Waals surface area (Å²) >= 11 is 0. The van der Waals surface area contributed by atoms with Crippen LogP contribution in [0, 0.1) is 0 Å². The predicted octanol–water partition coefficient (Wildman–Crippen LogP) is 3.32. The van der Waals surface area contributed by atoms with Crippen LogP contribution >= 0.6 is 0 Å². The van der Waals surface area contributed by atoms with E-state index >= 15 is 0 Å². The van der Waals surface area contributed by atoms with Crippen LogP contribution in [0.5, 0.6) is 0 Å². The van der Waals surface area contributed by atoms with Gasteiger partial charge < -0.3 is 10.1 Å². The number of nitrogens with zero attached hydrogens (tertiary/aromatic N) is 1. The van der Waals surface area contributed by atoms with Crippen molar-refractivity contribution in [2.75, 3.05) is 26.2 Å². The van der Waals surface area contributed by atoms with Crippen molar-refractivity contribution >= 4 is 16.1 Å². The molecular formula is C19H30N2O4S. The van der Waals surface area contributed by atoms with Crippen LogP contribution in [0.25, 0.3) is 0 Å². The van der Waals surface area contributed by atoms with E-state index in [1.165, 1.54) is 0 Å². The zero-order chi connectivity index (χ0) is 18.8. The quantitative estimate of drug-likeness (QED) is 0.700. The largest absolute Gasteiger partial charge is 0.450 e. The molecule has 1 fully saturated rings. The molecule has 26 heavy (non-hydrogen) atoms. The fourth-order valence-corrected chi connectivity index (χ4v) is 4.45. The molecule has 146 valence electrons. The van der Waals surface area contributed by atoms with Crippen molar-refractivity contribution in [3.05, 3.63) is 29.8 Å². The van der Waals surface area contributed by atoms with E-state index in [0.717, 1.165) is 44.1 Å². The van der Waals surface area contributed by atoms with Crippen LogP contribution in [-0.4, -0.2) is 45.1 Å². The summed E-state index contributed by atoms with van der Waals surface area (Å²) in [5.41, 5.74) is 0.980. The van der Waals surface area contributed by atoms with Gasteiger partial charge in [-0.1, -0.05) is 38.3 Å². The fourth-order valence-electron chi connectivity index (χ4n) is 2.93. The molecule has 6 nitrogen and oxygen atoms in total. The number of benzene rings is 1. The van der Waals surface area contributed by atoms with Gasteiger partial charge in [0.25, 0.3) is 0 Å². The summed E-state index contributed by atoms with van der Waals surface area (Å²) in [5, 5.41) is 2.71. The second kappa shape index (κ2) is 10.5. The van der Waals surface area contributed by atoms with Gasteiger partial charge in [-0.05, 0) is 43.4 Å². The molecule has 2 rings (SSSR count). The van der Waals surface area contributed by atoms with E-state index in [1.807, 2.05) is 19.1 Å². The first kappa shape index (κ1) is 20.7. The third-order valence-corrected chi connectivity index (χ3v) is 6.45. The summed E-state index contributed by atoms with van der Waals surface area (Å²) in [6.07, 6.45) is 6.12. The normalized spacial score (nSPS) is 16.0. The average Bonchev–Trinajstić information content (AvgIpc) is 2.92. The van der Waals surface area contributed by atoms with Gasteiger partial charge in [-0.3, -0.25) is 0 Å². The molecule has 0 aliphatic carbocycles. The van der Waals surface area contributed by atoms with E-state index in [2.05, 4.69) is 5.32 Å². The van der Waals surface area contributed by atoms with Crippen molar-refractivity contribution in [2.24, 2.45) is 0 Å². The molecule has 0 saturated carbocycles. The van der Waals surface area contributed by atoms with Gasteiger partial charge in [0.2, 0.25) is 10.0 Å². The molecule has 0 aromatic heterocycles. The fraction of sp³-hybridized carbons (Fsp3) is 0.632. The number of sulfonamides is 1. The monoisotopic (exact) mass is 382 g/mol. The Labute approximate surface area is 157 Å². The minimum absolute atomic E-state index is 0.343. The number of ether oxygens (including phenoxy) is 1. The summed E-state index contributed by atoms with van der Waals surface area (Å²) in [5.74, 6) is 0. The van der Waals surface area contributed by atoms with Crippen molar-refractivity contribution in [2.45, 2.75) is 56.8 Å². The van der Waals surface area contributed by atoms with Gasteiger partial charge in [-0.2, -0.15) is 4.31 Å². The standard InChI is InChI=1S/C19H30N2O4S/c1-2-3-16-25-19(22)20-13-12-17-8-10-18(11-9-17)26(23,24)21-14-6-4-5-7-15-21/h8-11H,2-7,12-16H2,1H3,(H,20,22). The van der Waals surface area contributed by atoms with Gasteiger partial charge in [0.15, 0.2) is 0 Å². The van der Waals surface area contributed by atoms with Crippen molar-refractivity contribution in [1.29, 1.82) is 0 Å². The lowest BCUT2D eigenvalue weighted by Crippen LogP contribution is -2.31. The number of amides is 1. The minimum atomic E-state index is -3.41. The summed E-state index contributed by atoms with van der Waals surface area (Å²) in [6.45, 7) is 4.15. The Kier molecular flexibility index (Phi) is 8.38. The molecule has 1 saturated heterocycles. The molecule has 0 spiro atoms. The van der Waals surface area contributed by atoms with Crippen LogP contribution in [0.3, 0.4) is 0 Å². The van der Waals surface area contributed by atoms with Crippen molar-refractivity contribution in [3.63, 3.8) is 0 Å². The van der Waals surface area contributed by atoms with E-state index in [-0.39, 0.29) is 0 Å². The van der Waals surface area contributed by atoms with Crippen LogP contribution in [0.4, 0.5) is 4.79 Å². The van der Waals surface area contributed by atoms with Gasteiger partial charge in [-0.25, -0.2) is 13.2 Å². The number of alkyl carbamates (subject to hydrolysis) is 1. The Bertz CT molecular complexity index is 651. The van der Waals surface area contributed by atoms with Crippen LogP contribution in [-0.2, 0) is 21.2 Å². The first-order valence-corrected chi connectivity index (χ1v) is 11.0. The molecule has 1 aromatic rings. The molecule has 0 bridgehead atoms. The molecule has 1 aromatic carbocycles. The molecule has 0 atom stereocenters. The number of hydrogen-bond acceptors (Lipinski definition) is 4. The number of unbranched alkanes of at least 4 members (excludes halogenated alkanes) is 1. The molecule has 1 heterocycles. The van der Waals surface area contributed by atoms with Gasteiger partial charge in [-0.15, -0.1) is 0 Å². The van der Waals surface area contributed by atoms with Gasteiger partial charge in [0, 0.05) is 19.6 Å². The average molecular weight is 383 g/mol. The van der Waals surface area contributed by atoms with Crippen molar-refractivity contribution in [1.82, 2.24) is 9.62 Å². The Morgan fingerprint density at radius 3 is 2.38 bits per heavy atom. The van der Waals surface area contributed by atoms with E-state index < -0.39 is 16.1 Å². The lowest BCUT2D eigenvalue weighted by molar-refractivity contribution is 0.144. The number of nitrogens with one attached hydrogen (secondary N) is 1. The highest BCUT2D eigenvalue weighted by atomic mass is 32.2. The second-order valence-electron chi connectivity index (χ2n) is 6.63. The highest BCUT2D eigenvalue weighted by Gasteiger charge is 2.24. The lowest BCUT2D eigenvalue weighted by Gasteiger charge is -2.20. The molecule has 0 unspecified atom stereocenters. The molecule has 0 radical (unpaired) electrons. The third kappa shape index (κ3) is 6.29. The molecule has 1 aliphatic rings. The first-order chi connectivity index (χ1) is 12.5. The Balaban J connectivity index is 1.84. The van der Waals surface area contributed by atoms with E-state index in [1.54, 1.807) is 16.4 Å². The maximum absolute atomic E-state index is 12.7. The number of carbonyl (C=O) groups is 1. The first-order valence-electron chi connectivity index (χ1n) is 9.53.